The van der Waals surface area contributed by atoms with E-state index in [1.807, 2.05) is 0 Å². The lowest BCUT2D eigenvalue weighted by Gasteiger charge is -2.15. The van der Waals surface area contributed by atoms with Gasteiger partial charge in [-0.1, -0.05) is 11.6 Å². The molecule has 1 heterocycles. The fourth-order valence-electron chi connectivity index (χ4n) is 2.26. The molecule has 0 radical (unpaired) electrons. The lowest BCUT2D eigenvalue weighted by Crippen LogP contribution is -2.41. The van der Waals surface area contributed by atoms with Crippen LogP contribution in [0.3, 0.4) is 0 Å². The van der Waals surface area contributed by atoms with Gasteiger partial charge in [-0.25, -0.2) is 13.8 Å². The van der Waals surface area contributed by atoms with E-state index < -0.39 is 40.6 Å². The van der Waals surface area contributed by atoms with Gasteiger partial charge >= 0.3 is 17.8 Å². The Bertz CT molecular complexity index is 1030. The van der Waals surface area contributed by atoms with Gasteiger partial charge in [0.05, 0.1) is 10.7 Å². The Balaban J connectivity index is 2.52. The molecule has 0 aliphatic heterocycles. The van der Waals surface area contributed by atoms with E-state index in [-0.39, 0.29) is 39.2 Å². The normalized spacial score (nSPS) is 11.4. The summed E-state index contributed by atoms with van der Waals surface area (Å²) in [6.45, 7) is 0.848. The minimum Gasteiger partial charge on any atom is -0.488 e. The minimum absolute atomic E-state index is 0.152. The molecule has 0 aliphatic carbocycles. The fraction of sp³-hybridized carbons (Fsp3) is 0.312. The number of ether oxygens (including phenoxy) is 2. The van der Waals surface area contributed by atoms with E-state index >= 15 is 0 Å². The molecular formula is C16H13ClF4N2O5. The van der Waals surface area contributed by atoms with E-state index in [4.69, 9.17) is 16.3 Å². The highest BCUT2D eigenvalue weighted by molar-refractivity contribution is 6.32. The zero-order chi connectivity index (χ0) is 21.2. The van der Waals surface area contributed by atoms with E-state index in [1.54, 1.807) is 0 Å². The molecule has 0 N–H and O–H groups in total. The van der Waals surface area contributed by atoms with Crippen LogP contribution in [0.15, 0.2) is 27.8 Å². The van der Waals surface area contributed by atoms with Crippen LogP contribution in [0.2, 0.25) is 5.02 Å². The van der Waals surface area contributed by atoms with Gasteiger partial charge in [0.1, 0.15) is 30.5 Å². The number of esters is 1. The van der Waals surface area contributed by atoms with E-state index in [2.05, 4.69) is 4.74 Å². The van der Waals surface area contributed by atoms with E-state index in [1.165, 1.54) is 6.92 Å². The van der Waals surface area contributed by atoms with Crippen molar-refractivity contribution in [2.75, 3.05) is 13.2 Å². The van der Waals surface area contributed by atoms with Gasteiger partial charge in [-0.3, -0.25) is 14.2 Å². The second-order valence-electron chi connectivity index (χ2n) is 5.47. The summed E-state index contributed by atoms with van der Waals surface area (Å²) in [5.41, 5.74) is -4.92. The molecule has 0 atom stereocenters. The predicted octanol–water partition coefficient (Wildman–Crippen LogP) is 2.29. The number of nitrogens with zero attached hydrogens (tertiary/aromatic N) is 2. The SMILES string of the molecule is CC(=O)OCCOc1cc(-n2c(=O)cc(C(F)(F)F)n(C)c2=O)c(F)cc1Cl. The maximum absolute atomic E-state index is 14.3. The summed E-state index contributed by atoms with van der Waals surface area (Å²) in [5, 5.41) is -0.221. The molecule has 2 rings (SSSR count). The first kappa shape index (κ1) is 21.5. The van der Waals surface area contributed by atoms with Crippen molar-refractivity contribution in [3.63, 3.8) is 0 Å². The van der Waals surface area contributed by atoms with Crippen molar-refractivity contribution in [1.82, 2.24) is 9.13 Å². The lowest BCUT2D eigenvalue weighted by atomic mass is 10.2. The van der Waals surface area contributed by atoms with Gasteiger partial charge in [0.2, 0.25) is 0 Å². The third-order valence-electron chi connectivity index (χ3n) is 3.50. The number of hydrogen-bond donors (Lipinski definition) is 0. The van der Waals surface area contributed by atoms with Crippen molar-refractivity contribution in [3.05, 3.63) is 55.6 Å². The number of hydrogen-bond acceptors (Lipinski definition) is 5. The van der Waals surface area contributed by atoms with Crippen molar-refractivity contribution in [2.24, 2.45) is 7.05 Å². The summed E-state index contributed by atoms with van der Waals surface area (Å²) in [7, 11) is 0.797. The van der Waals surface area contributed by atoms with Crippen LogP contribution in [0.1, 0.15) is 12.6 Å². The zero-order valence-electron chi connectivity index (χ0n) is 14.5. The molecule has 7 nitrogen and oxygen atoms in total. The molecule has 152 valence electrons. The molecule has 1 aromatic heterocycles. The molecule has 0 unspecified atom stereocenters. The average Bonchev–Trinajstić information content (AvgIpc) is 2.56. The van der Waals surface area contributed by atoms with Crippen molar-refractivity contribution in [2.45, 2.75) is 13.1 Å². The van der Waals surface area contributed by atoms with Gasteiger partial charge in [-0.2, -0.15) is 13.2 Å². The van der Waals surface area contributed by atoms with Gasteiger partial charge < -0.3 is 9.47 Å². The average molecular weight is 425 g/mol. The van der Waals surface area contributed by atoms with Crippen LogP contribution in [0, 0.1) is 5.82 Å². The molecule has 2 aromatic rings. The minimum atomic E-state index is -4.95. The second-order valence-corrected chi connectivity index (χ2v) is 5.87. The molecule has 28 heavy (non-hydrogen) atoms. The highest BCUT2D eigenvalue weighted by atomic mass is 35.5. The Morgan fingerprint density at radius 1 is 1.18 bits per heavy atom. The molecule has 0 bridgehead atoms. The standard InChI is InChI=1S/C16H13ClF4N2O5/c1-8(24)27-3-4-28-12-6-11(10(18)5-9(12)17)23-14(25)7-13(16(19,20)21)22(2)15(23)26/h5-7H,3-4H2,1-2H3. The first-order valence-electron chi connectivity index (χ1n) is 7.59. The van der Waals surface area contributed by atoms with Crippen molar-refractivity contribution in [3.8, 4) is 11.4 Å². The Morgan fingerprint density at radius 2 is 1.82 bits per heavy atom. The second kappa shape index (κ2) is 8.05. The summed E-state index contributed by atoms with van der Waals surface area (Å²) in [6.07, 6.45) is -4.95. The highest BCUT2D eigenvalue weighted by Crippen LogP contribution is 2.30. The quantitative estimate of drug-likeness (QED) is 0.418. The zero-order valence-corrected chi connectivity index (χ0v) is 15.2. The van der Waals surface area contributed by atoms with Crippen LogP contribution in [0.4, 0.5) is 17.6 Å². The smallest absolute Gasteiger partial charge is 0.431 e. The lowest BCUT2D eigenvalue weighted by molar-refractivity contribution is -0.144. The summed E-state index contributed by atoms with van der Waals surface area (Å²) < 4.78 is 63.3. The Hall–Kier alpha value is -2.82. The topological polar surface area (TPSA) is 79.5 Å². The van der Waals surface area contributed by atoms with Crippen molar-refractivity contribution >= 4 is 17.6 Å². The molecule has 0 amide bonds. The predicted molar refractivity (Wildman–Crippen MR) is 89.4 cm³/mol. The molecule has 0 saturated carbocycles. The third-order valence-corrected chi connectivity index (χ3v) is 3.79. The molecule has 1 aromatic carbocycles. The number of benzene rings is 1. The van der Waals surface area contributed by atoms with Crippen LogP contribution in [0.5, 0.6) is 5.75 Å². The number of aromatic nitrogens is 2. The van der Waals surface area contributed by atoms with Crippen molar-refractivity contribution in [1.29, 1.82) is 0 Å². The monoisotopic (exact) mass is 424 g/mol. The number of alkyl halides is 3. The maximum atomic E-state index is 14.3. The largest absolute Gasteiger partial charge is 0.488 e. The summed E-state index contributed by atoms with van der Waals surface area (Å²) in [6, 6.07) is 1.81. The first-order valence-corrected chi connectivity index (χ1v) is 7.97. The Morgan fingerprint density at radius 3 is 2.39 bits per heavy atom. The molecule has 0 spiro atoms. The van der Waals surface area contributed by atoms with E-state index in [9.17, 15) is 31.9 Å². The van der Waals surface area contributed by atoms with Crippen LogP contribution >= 0.6 is 11.6 Å². The van der Waals surface area contributed by atoms with E-state index in [0.29, 0.717) is 0 Å². The fourth-order valence-corrected chi connectivity index (χ4v) is 2.46. The van der Waals surface area contributed by atoms with Gasteiger partial charge in [-0.05, 0) is 6.07 Å². The van der Waals surface area contributed by atoms with E-state index in [0.717, 1.165) is 19.2 Å². The van der Waals surface area contributed by atoms with Gasteiger partial charge in [0, 0.05) is 26.1 Å². The van der Waals surface area contributed by atoms with Gasteiger partial charge in [0.25, 0.3) is 5.56 Å². The first-order chi connectivity index (χ1) is 12.9. The number of carbonyl (C=O) groups is 1. The maximum Gasteiger partial charge on any atom is 0.431 e. The van der Waals surface area contributed by atoms with Crippen molar-refractivity contribution < 1.29 is 31.8 Å². The Kier molecular flexibility index (Phi) is 6.17. The molecule has 0 fully saturated rings. The van der Waals surface area contributed by atoms with Gasteiger partial charge in [0.15, 0.2) is 0 Å². The number of halogens is 5. The summed E-state index contributed by atoms with van der Waals surface area (Å²) in [4.78, 5) is 35.1. The number of carbonyl (C=O) groups excluding carboxylic acids is 1. The Labute approximate surface area is 159 Å². The summed E-state index contributed by atoms with van der Waals surface area (Å²) >= 11 is 5.83. The van der Waals surface area contributed by atoms with Gasteiger partial charge in [-0.15, -0.1) is 0 Å². The summed E-state index contributed by atoms with van der Waals surface area (Å²) in [5.74, 6) is -1.86. The molecule has 0 saturated heterocycles. The molecule has 0 aliphatic rings. The van der Waals surface area contributed by atoms with Crippen LogP contribution in [0.25, 0.3) is 5.69 Å². The highest BCUT2D eigenvalue weighted by Gasteiger charge is 2.35. The third kappa shape index (κ3) is 4.53. The van der Waals surface area contributed by atoms with Crippen LogP contribution in [-0.2, 0) is 22.8 Å². The van der Waals surface area contributed by atoms with Crippen LogP contribution < -0.4 is 16.0 Å². The molecular weight excluding hydrogens is 412 g/mol. The molecule has 12 heteroatoms. The number of rotatable bonds is 5. The van der Waals surface area contributed by atoms with Crippen LogP contribution in [-0.4, -0.2) is 28.3 Å².